The Bertz CT molecular complexity index is 403. The van der Waals surface area contributed by atoms with Gasteiger partial charge in [-0.15, -0.1) is 0 Å². The lowest BCUT2D eigenvalue weighted by Crippen LogP contribution is -2.31. The van der Waals surface area contributed by atoms with Gasteiger partial charge in [-0.05, 0) is 36.5 Å². The summed E-state index contributed by atoms with van der Waals surface area (Å²) in [6, 6.07) is 10.9. The molecule has 0 aliphatic heterocycles. The minimum Gasteiger partial charge on any atom is -0.310 e. The molecule has 1 aromatic rings. The number of rotatable bonds is 6. The highest BCUT2D eigenvalue weighted by molar-refractivity contribution is 9.10. The Hall–Kier alpha value is -0.850. The first kappa shape index (κ1) is 15.2. The second-order valence-electron chi connectivity index (χ2n) is 5.48. The molecule has 0 heterocycles. The zero-order chi connectivity index (χ0) is 13.6. The Morgan fingerprint density at radius 2 is 1.94 bits per heavy atom. The van der Waals surface area contributed by atoms with E-state index in [1.165, 1.54) is 5.56 Å². The minimum atomic E-state index is 0.166. The lowest BCUT2D eigenvalue weighted by atomic mass is 9.87. The minimum absolute atomic E-state index is 0.166. The van der Waals surface area contributed by atoms with Gasteiger partial charge in [-0.2, -0.15) is 5.26 Å². The molecule has 0 amide bonds. The molecule has 0 aliphatic rings. The van der Waals surface area contributed by atoms with Crippen LogP contribution in [0.3, 0.4) is 0 Å². The summed E-state index contributed by atoms with van der Waals surface area (Å²) < 4.78 is 1.10. The van der Waals surface area contributed by atoms with Crippen LogP contribution in [0.25, 0.3) is 0 Å². The topological polar surface area (TPSA) is 35.8 Å². The molecule has 18 heavy (non-hydrogen) atoms. The molecule has 2 nitrogen and oxygen atoms in total. The van der Waals surface area contributed by atoms with Gasteiger partial charge >= 0.3 is 0 Å². The molecule has 1 atom stereocenters. The first-order valence-corrected chi connectivity index (χ1v) is 7.10. The van der Waals surface area contributed by atoms with Crippen LogP contribution in [0.5, 0.6) is 0 Å². The number of nitrogens with one attached hydrogen (secondary N) is 1. The third-order valence-corrected chi connectivity index (χ3v) is 3.70. The van der Waals surface area contributed by atoms with Gasteiger partial charge in [0.15, 0.2) is 0 Å². The standard InChI is InChI=1S/C15H21BrN2/c1-12(13-5-7-14(16)8-6-13)18-11-15(2,3)9-4-10-17/h5-8,12,18H,4,9,11H2,1-3H3/t12-/m1/s1. The molecule has 0 radical (unpaired) electrons. The van der Waals surface area contributed by atoms with E-state index >= 15 is 0 Å². The Labute approximate surface area is 119 Å². The number of hydrogen-bond donors (Lipinski definition) is 1. The third kappa shape index (κ3) is 5.20. The highest BCUT2D eigenvalue weighted by atomic mass is 79.9. The van der Waals surface area contributed by atoms with Crippen molar-refractivity contribution >= 4 is 15.9 Å². The van der Waals surface area contributed by atoms with E-state index in [-0.39, 0.29) is 5.41 Å². The second kappa shape index (κ2) is 6.92. The predicted octanol–water partition coefficient (Wildman–Crippen LogP) is 4.43. The number of hydrogen-bond acceptors (Lipinski definition) is 2. The normalized spacial score (nSPS) is 13.1. The van der Waals surface area contributed by atoms with Crippen molar-refractivity contribution in [1.29, 1.82) is 5.26 Å². The van der Waals surface area contributed by atoms with Gasteiger partial charge in [0, 0.05) is 23.5 Å². The molecule has 0 spiro atoms. The van der Waals surface area contributed by atoms with Gasteiger partial charge in [0.1, 0.15) is 0 Å². The molecule has 1 N–H and O–H groups in total. The maximum Gasteiger partial charge on any atom is 0.0621 e. The maximum atomic E-state index is 8.64. The number of nitriles is 1. The quantitative estimate of drug-likeness (QED) is 0.844. The van der Waals surface area contributed by atoms with Crippen LogP contribution in [-0.4, -0.2) is 6.54 Å². The molecule has 1 aromatic carbocycles. The molecule has 1 rings (SSSR count). The van der Waals surface area contributed by atoms with Crippen LogP contribution in [0.15, 0.2) is 28.7 Å². The molecule has 0 aliphatic carbocycles. The molecule has 3 heteroatoms. The number of halogens is 1. The average molecular weight is 309 g/mol. The summed E-state index contributed by atoms with van der Waals surface area (Å²) in [6.45, 7) is 7.49. The van der Waals surface area contributed by atoms with Crippen LogP contribution in [-0.2, 0) is 0 Å². The molecule has 0 bridgehead atoms. The molecular formula is C15H21BrN2. The number of benzene rings is 1. The first-order chi connectivity index (χ1) is 8.44. The van der Waals surface area contributed by atoms with E-state index in [0.717, 1.165) is 17.4 Å². The Morgan fingerprint density at radius 3 is 2.50 bits per heavy atom. The van der Waals surface area contributed by atoms with Crippen molar-refractivity contribution in [1.82, 2.24) is 5.32 Å². The van der Waals surface area contributed by atoms with Crippen molar-refractivity contribution in [2.75, 3.05) is 6.54 Å². The van der Waals surface area contributed by atoms with Crippen molar-refractivity contribution in [2.24, 2.45) is 5.41 Å². The zero-order valence-corrected chi connectivity index (χ0v) is 12.9. The van der Waals surface area contributed by atoms with Crippen molar-refractivity contribution in [3.63, 3.8) is 0 Å². The molecule has 98 valence electrons. The Balaban J connectivity index is 2.48. The van der Waals surface area contributed by atoms with Gasteiger partial charge in [0.25, 0.3) is 0 Å². The summed E-state index contributed by atoms with van der Waals surface area (Å²) in [5, 5.41) is 12.2. The SMILES string of the molecule is C[C@@H](NCC(C)(C)CCC#N)c1ccc(Br)cc1. The van der Waals surface area contributed by atoms with E-state index in [1.807, 2.05) is 0 Å². The van der Waals surface area contributed by atoms with Crippen LogP contribution in [0.4, 0.5) is 0 Å². The lowest BCUT2D eigenvalue weighted by molar-refractivity contribution is 0.305. The van der Waals surface area contributed by atoms with Gasteiger partial charge in [0.05, 0.1) is 6.07 Å². The second-order valence-corrected chi connectivity index (χ2v) is 6.39. The summed E-state index contributed by atoms with van der Waals surface area (Å²) >= 11 is 3.44. The third-order valence-electron chi connectivity index (χ3n) is 3.17. The maximum absolute atomic E-state index is 8.64. The first-order valence-electron chi connectivity index (χ1n) is 6.30. The van der Waals surface area contributed by atoms with Gasteiger partial charge in [-0.25, -0.2) is 0 Å². The number of nitrogens with zero attached hydrogens (tertiary/aromatic N) is 1. The summed E-state index contributed by atoms with van der Waals surface area (Å²) in [5.74, 6) is 0. The van der Waals surface area contributed by atoms with E-state index in [4.69, 9.17) is 5.26 Å². The van der Waals surface area contributed by atoms with E-state index in [0.29, 0.717) is 12.5 Å². The van der Waals surface area contributed by atoms with Gasteiger partial charge in [-0.3, -0.25) is 0 Å². The van der Waals surface area contributed by atoms with Crippen molar-refractivity contribution in [3.05, 3.63) is 34.3 Å². The monoisotopic (exact) mass is 308 g/mol. The van der Waals surface area contributed by atoms with E-state index < -0.39 is 0 Å². The molecule has 0 unspecified atom stereocenters. The van der Waals surface area contributed by atoms with Gasteiger partial charge < -0.3 is 5.32 Å². The predicted molar refractivity (Wildman–Crippen MR) is 79.2 cm³/mol. The van der Waals surface area contributed by atoms with Crippen LogP contribution >= 0.6 is 15.9 Å². The van der Waals surface area contributed by atoms with Crippen LogP contribution in [0, 0.1) is 16.7 Å². The highest BCUT2D eigenvalue weighted by Crippen LogP contribution is 2.23. The van der Waals surface area contributed by atoms with Gasteiger partial charge in [0.2, 0.25) is 0 Å². The summed E-state index contributed by atoms with van der Waals surface area (Å²) in [6.07, 6.45) is 1.56. The molecule has 0 saturated carbocycles. The van der Waals surface area contributed by atoms with Crippen LogP contribution in [0.2, 0.25) is 0 Å². The molecule has 0 fully saturated rings. The van der Waals surface area contributed by atoms with Crippen molar-refractivity contribution < 1.29 is 0 Å². The molecular weight excluding hydrogens is 288 g/mol. The Kier molecular flexibility index (Phi) is 5.84. The van der Waals surface area contributed by atoms with Gasteiger partial charge in [-0.1, -0.05) is 41.9 Å². The molecule has 0 aromatic heterocycles. The largest absolute Gasteiger partial charge is 0.310 e. The fraction of sp³-hybridized carbons (Fsp3) is 0.533. The molecule has 0 saturated heterocycles. The van der Waals surface area contributed by atoms with Crippen molar-refractivity contribution in [3.8, 4) is 6.07 Å². The smallest absolute Gasteiger partial charge is 0.0621 e. The summed E-state index contributed by atoms with van der Waals surface area (Å²) in [5.41, 5.74) is 1.45. The van der Waals surface area contributed by atoms with Crippen LogP contribution in [0.1, 0.15) is 45.2 Å². The summed E-state index contributed by atoms with van der Waals surface area (Å²) in [7, 11) is 0. The zero-order valence-electron chi connectivity index (χ0n) is 11.3. The van der Waals surface area contributed by atoms with Crippen molar-refractivity contribution in [2.45, 2.75) is 39.7 Å². The van der Waals surface area contributed by atoms with E-state index in [9.17, 15) is 0 Å². The van der Waals surface area contributed by atoms with E-state index in [2.05, 4.69) is 72.4 Å². The lowest BCUT2D eigenvalue weighted by Gasteiger charge is -2.26. The Morgan fingerprint density at radius 1 is 1.33 bits per heavy atom. The van der Waals surface area contributed by atoms with E-state index in [1.54, 1.807) is 0 Å². The highest BCUT2D eigenvalue weighted by Gasteiger charge is 2.18. The summed E-state index contributed by atoms with van der Waals surface area (Å²) in [4.78, 5) is 0. The fourth-order valence-electron chi connectivity index (χ4n) is 1.78. The fourth-order valence-corrected chi connectivity index (χ4v) is 2.05. The average Bonchev–Trinajstić information content (AvgIpc) is 2.35. The van der Waals surface area contributed by atoms with Crippen LogP contribution < -0.4 is 5.32 Å².